The van der Waals surface area contributed by atoms with Crippen molar-refractivity contribution in [2.75, 3.05) is 5.32 Å². The second kappa shape index (κ2) is 8.06. The zero-order chi connectivity index (χ0) is 23.3. The minimum atomic E-state index is -0.555. The normalized spacial score (nSPS) is 19.2. The second-order valence-corrected chi connectivity index (χ2v) is 10.7. The van der Waals surface area contributed by atoms with Gasteiger partial charge in [0.15, 0.2) is 10.9 Å². The monoisotopic (exact) mass is 461 g/mol. The lowest BCUT2D eigenvalue weighted by Gasteiger charge is -2.37. The minimum absolute atomic E-state index is 0.0516. The fourth-order valence-electron chi connectivity index (χ4n) is 4.69. The lowest BCUT2D eigenvalue weighted by atomic mass is 9.70. The van der Waals surface area contributed by atoms with Crippen LogP contribution in [0.2, 0.25) is 0 Å². The predicted molar refractivity (Wildman–Crippen MR) is 130 cm³/mol. The molecular weight excluding hydrogens is 434 g/mol. The molecule has 1 aromatic carbocycles. The van der Waals surface area contributed by atoms with Gasteiger partial charge in [0.25, 0.3) is 5.56 Å². The summed E-state index contributed by atoms with van der Waals surface area (Å²) in [6.07, 6.45) is 1.15. The van der Waals surface area contributed by atoms with Gasteiger partial charge in [0.05, 0.1) is 11.5 Å². The molecule has 5 rings (SSSR count). The Bertz CT molecular complexity index is 1330. The van der Waals surface area contributed by atoms with Crippen molar-refractivity contribution in [2.24, 2.45) is 5.41 Å². The molecule has 2 N–H and O–H groups in total. The number of aromatic nitrogens is 2. The maximum absolute atomic E-state index is 13.3. The molecule has 170 valence electrons. The average molecular weight is 462 g/mol. The number of fused-ring (bicyclic) bond motifs is 1. The number of carbonyl (C=O) groups excluding carboxylic acids is 1. The van der Waals surface area contributed by atoms with Gasteiger partial charge in [0.2, 0.25) is 0 Å². The molecule has 2 aliphatic rings. The first-order valence-corrected chi connectivity index (χ1v) is 12.1. The van der Waals surface area contributed by atoms with E-state index in [0.717, 1.165) is 17.0 Å². The first-order valence-electron chi connectivity index (χ1n) is 11.1. The highest BCUT2D eigenvalue weighted by molar-refractivity contribution is 7.98. The van der Waals surface area contributed by atoms with Crippen molar-refractivity contribution >= 4 is 23.4 Å². The highest BCUT2D eigenvalue weighted by atomic mass is 32.2. The number of Topliss-reactive ketones (excluding diaryl/α,β-unsaturated/α-hetero) is 1. The minimum Gasteiger partial charge on any atom is -0.465 e. The third kappa shape index (κ3) is 4.17. The van der Waals surface area contributed by atoms with Crippen molar-refractivity contribution in [3.8, 4) is 0 Å². The zero-order valence-electron chi connectivity index (χ0n) is 19.2. The number of thioether (sulfide) groups is 1. The molecule has 7 heteroatoms. The number of hydrogen-bond acceptors (Lipinski definition) is 6. The van der Waals surface area contributed by atoms with E-state index >= 15 is 0 Å². The Morgan fingerprint density at radius 1 is 1.09 bits per heavy atom. The number of hydrogen-bond donors (Lipinski definition) is 2. The van der Waals surface area contributed by atoms with Crippen molar-refractivity contribution in [1.82, 2.24) is 9.97 Å². The SMILES string of the molecule is Cc1ccc(CSc2nc3c(c(=O)[nH]2)C(c2ccc(C)o2)C2=C(CC(C)(C)CC2=O)N3)cc1. The molecule has 0 spiro atoms. The summed E-state index contributed by atoms with van der Waals surface area (Å²) in [4.78, 5) is 34.2. The average Bonchev–Trinajstić information content (AvgIpc) is 3.17. The number of nitrogens with one attached hydrogen (secondary N) is 2. The molecule has 0 radical (unpaired) electrons. The van der Waals surface area contributed by atoms with Gasteiger partial charge in [-0.25, -0.2) is 4.98 Å². The molecule has 2 aromatic heterocycles. The van der Waals surface area contributed by atoms with Crippen LogP contribution in [0.25, 0.3) is 0 Å². The van der Waals surface area contributed by atoms with E-state index in [4.69, 9.17) is 9.40 Å². The van der Waals surface area contributed by atoms with Gasteiger partial charge in [-0.2, -0.15) is 0 Å². The van der Waals surface area contributed by atoms with Gasteiger partial charge in [0.1, 0.15) is 17.3 Å². The van der Waals surface area contributed by atoms with Gasteiger partial charge < -0.3 is 14.7 Å². The molecule has 0 amide bonds. The maximum Gasteiger partial charge on any atom is 0.257 e. The highest BCUT2D eigenvalue weighted by Gasteiger charge is 2.43. The summed E-state index contributed by atoms with van der Waals surface area (Å²) in [5.74, 6) is 2.04. The van der Waals surface area contributed by atoms with Crippen molar-refractivity contribution < 1.29 is 9.21 Å². The molecule has 0 fully saturated rings. The van der Waals surface area contributed by atoms with Gasteiger partial charge in [-0.05, 0) is 43.4 Å². The molecule has 1 unspecified atom stereocenters. The van der Waals surface area contributed by atoms with E-state index in [2.05, 4.69) is 55.3 Å². The zero-order valence-corrected chi connectivity index (χ0v) is 20.1. The summed E-state index contributed by atoms with van der Waals surface area (Å²) < 4.78 is 5.93. The third-order valence-corrected chi connectivity index (χ3v) is 7.19. The molecule has 0 saturated heterocycles. The van der Waals surface area contributed by atoms with Crippen LogP contribution in [0.5, 0.6) is 0 Å². The molecule has 0 bridgehead atoms. The fourth-order valence-corrected chi connectivity index (χ4v) is 5.51. The molecule has 1 aliphatic carbocycles. The van der Waals surface area contributed by atoms with Crippen LogP contribution in [0.15, 0.2) is 62.0 Å². The Morgan fingerprint density at radius 2 is 1.85 bits per heavy atom. The largest absolute Gasteiger partial charge is 0.465 e. The summed E-state index contributed by atoms with van der Waals surface area (Å²) in [5, 5.41) is 3.90. The van der Waals surface area contributed by atoms with Crippen molar-refractivity contribution in [3.05, 3.63) is 86.2 Å². The number of H-pyrrole nitrogens is 1. The lowest BCUT2D eigenvalue weighted by molar-refractivity contribution is -0.118. The van der Waals surface area contributed by atoms with Crippen molar-refractivity contribution in [2.45, 2.75) is 57.4 Å². The van der Waals surface area contributed by atoms with Crippen LogP contribution in [0.1, 0.15) is 60.8 Å². The summed E-state index contributed by atoms with van der Waals surface area (Å²) in [6.45, 7) is 8.10. The van der Waals surface area contributed by atoms with Crippen LogP contribution in [0, 0.1) is 19.3 Å². The van der Waals surface area contributed by atoms with Crippen molar-refractivity contribution in [1.29, 1.82) is 0 Å². The number of rotatable bonds is 4. The van der Waals surface area contributed by atoms with Crippen LogP contribution in [0.4, 0.5) is 5.82 Å². The summed E-state index contributed by atoms with van der Waals surface area (Å²) >= 11 is 1.48. The van der Waals surface area contributed by atoms with E-state index in [1.54, 1.807) is 0 Å². The van der Waals surface area contributed by atoms with E-state index in [-0.39, 0.29) is 16.8 Å². The van der Waals surface area contributed by atoms with Crippen molar-refractivity contribution in [3.63, 3.8) is 0 Å². The number of aromatic amines is 1. The number of carbonyl (C=O) groups is 1. The predicted octanol–water partition coefficient (Wildman–Crippen LogP) is 5.47. The number of anilines is 1. The Balaban J connectivity index is 1.56. The number of furan rings is 1. The summed E-state index contributed by atoms with van der Waals surface area (Å²) in [5.41, 5.74) is 3.87. The molecule has 0 saturated carbocycles. The molecule has 3 aromatic rings. The van der Waals surface area contributed by atoms with Gasteiger partial charge in [-0.1, -0.05) is 55.4 Å². The quantitative estimate of drug-likeness (QED) is 0.396. The van der Waals surface area contributed by atoms with Crippen LogP contribution in [0.3, 0.4) is 0 Å². The molecule has 3 heterocycles. The number of benzene rings is 1. The topological polar surface area (TPSA) is 88.0 Å². The Morgan fingerprint density at radius 3 is 2.55 bits per heavy atom. The van der Waals surface area contributed by atoms with Gasteiger partial charge >= 0.3 is 0 Å². The third-order valence-electron chi connectivity index (χ3n) is 6.24. The van der Waals surface area contributed by atoms with Gasteiger partial charge in [-0.15, -0.1) is 0 Å². The first kappa shape index (κ1) is 21.8. The fraction of sp³-hybridized carbons (Fsp3) is 0.346. The standard InChI is InChI=1S/C26H27N3O3S/c1-14-5-8-16(9-6-14)13-33-25-28-23-22(24(31)29-25)21(19-10-7-15(2)32-19)20-17(27-23)11-26(3,4)12-18(20)30/h5-10,21H,11-13H2,1-4H3,(H2,27,28,29,31). The summed E-state index contributed by atoms with van der Waals surface area (Å²) in [6, 6.07) is 12.0. The van der Waals surface area contributed by atoms with Crippen LogP contribution < -0.4 is 10.9 Å². The van der Waals surface area contributed by atoms with Crippen LogP contribution in [-0.2, 0) is 10.5 Å². The smallest absolute Gasteiger partial charge is 0.257 e. The van der Waals surface area contributed by atoms with E-state index in [1.165, 1.54) is 17.3 Å². The molecule has 33 heavy (non-hydrogen) atoms. The molecule has 1 aliphatic heterocycles. The van der Waals surface area contributed by atoms with E-state index in [1.807, 2.05) is 19.1 Å². The van der Waals surface area contributed by atoms with E-state index in [0.29, 0.717) is 46.5 Å². The molecule has 6 nitrogen and oxygen atoms in total. The number of nitrogens with zero attached hydrogens (tertiary/aromatic N) is 1. The van der Waals surface area contributed by atoms with E-state index < -0.39 is 5.92 Å². The van der Waals surface area contributed by atoms with Crippen LogP contribution in [-0.4, -0.2) is 15.8 Å². The highest BCUT2D eigenvalue weighted by Crippen LogP contribution is 2.48. The molecule has 1 atom stereocenters. The van der Waals surface area contributed by atoms with Crippen LogP contribution >= 0.6 is 11.8 Å². The Kier molecular flexibility index (Phi) is 5.32. The van der Waals surface area contributed by atoms with E-state index in [9.17, 15) is 9.59 Å². The Hall–Kier alpha value is -3.06. The summed E-state index contributed by atoms with van der Waals surface area (Å²) in [7, 11) is 0. The Labute approximate surface area is 196 Å². The lowest BCUT2D eigenvalue weighted by Crippen LogP contribution is -2.36. The van der Waals surface area contributed by atoms with Gasteiger partial charge in [-0.3, -0.25) is 9.59 Å². The second-order valence-electron chi connectivity index (χ2n) is 9.75. The maximum atomic E-state index is 13.3. The number of allylic oxidation sites excluding steroid dienone is 2. The molecular formula is C26H27N3O3S. The number of aryl methyl sites for hydroxylation is 2. The number of ketones is 1. The first-order chi connectivity index (χ1) is 15.7. The van der Waals surface area contributed by atoms with Gasteiger partial charge in [0, 0.05) is 23.4 Å².